The van der Waals surface area contributed by atoms with Crippen LogP contribution in [0.15, 0.2) is 30.6 Å². The van der Waals surface area contributed by atoms with Crippen LogP contribution in [0, 0.1) is 16.0 Å². The molecule has 24 heavy (non-hydrogen) atoms. The van der Waals surface area contributed by atoms with Crippen LogP contribution in [0.25, 0.3) is 10.8 Å². The Balaban J connectivity index is 1.93. The van der Waals surface area contributed by atoms with Gasteiger partial charge in [0.15, 0.2) is 0 Å². The number of benzene rings is 1. The van der Waals surface area contributed by atoms with Crippen LogP contribution in [0.2, 0.25) is 0 Å². The summed E-state index contributed by atoms with van der Waals surface area (Å²) in [5.74, 6) is 0.540. The first kappa shape index (κ1) is 16.6. The smallest absolute Gasteiger partial charge is 0.278 e. The second kappa shape index (κ2) is 7.57. The van der Waals surface area contributed by atoms with E-state index in [2.05, 4.69) is 10.3 Å². The molecule has 1 heterocycles. The minimum atomic E-state index is -0.375. The Hall–Kier alpha value is -2.21. The third-order valence-corrected chi connectivity index (χ3v) is 4.99. The predicted molar refractivity (Wildman–Crippen MR) is 94.1 cm³/mol. The Morgan fingerprint density at radius 1 is 1.25 bits per heavy atom. The van der Waals surface area contributed by atoms with E-state index in [1.54, 1.807) is 18.5 Å². The van der Waals surface area contributed by atoms with E-state index in [1.165, 1.54) is 38.2 Å². The normalized spacial score (nSPS) is 16.9. The first-order valence-electron chi connectivity index (χ1n) is 8.59. The van der Waals surface area contributed by atoms with Crippen LogP contribution >= 0.6 is 0 Å². The lowest BCUT2D eigenvalue weighted by atomic mass is 9.82. The highest BCUT2D eigenvalue weighted by Crippen LogP contribution is 2.34. The molecule has 1 aliphatic rings. The Kier molecular flexibility index (Phi) is 5.25. The molecule has 1 aromatic heterocycles. The standard InChI is InChI=1S/C18H23N3O3/c22-11-9-16(13-4-2-1-3-5-13)20-17-6-7-18(21(23)24)15-12-19-10-8-14(15)17/h6-8,10,12-13,16,20,22H,1-5,9,11H2. The fraction of sp³-hybridized carbons (Fsp3) is 0.500. The number of anilines is 1. The van der Waals surface area contributed by atoms with Gasteiger partial charge in [-0.15, -0.1) is 0 Å². The van der Waals surface area contributed by atoms with E-state index >= 15 is 0 Å². The zero-order valence-corrected chi connectivity index (χ0v) is 13.6. The SMILES string of the molecule is O=[N+]([O-])c1ccc(NC(CCO)C2CCCCC2)c2ccncc12. The van der Waals surface area contributed by atoms with Crippen molar-refractivity contribution in [1.29, 1.82) is 0 Å². The van der Waals surface area contributed by atoms with E-state index in [1.807, 2.05) is 6.07 Å². The lowest BCUT2D eigenvalue weighted by Crippen LogP contribution is -2.31. The minimum absolute atomic E-state index is 0.0695. The maximum absolute atomic E-state index is 11.2. The summed E-state index contributed by atoms with van der Waals surface area (Å²) in [7, 11) is 0. The van der Waals surface area contributed by atoms with Crippen molar-refractivity contribution in [2.45, 2.75) is 44.6 Å². The Morgan fingerprint density at radius 3 is 2.75 bits per heavy atom. The average molecular weight is 329 g/mol. The summed E-state index contributed by atoms with van der Waals surface area (Å²) in [6, 6.07) is 5.30. The molecule has 6 heteroatoms. The monoisotopic (exact) mass is 329 g/mol. The number of nitrogens with one attached hydrogen (secondary N) is 1. The number of pyridine rings is 1. The van der Waals surface area contributed by atoms with Crippen molar-refractivity contribution in [2.24, 2.45) is 5.92 Å². The van der Waals surface area contributed by atoms with Crippen molar-refractivity contribution < 1.29 is 10.0 Å². The van der Waals surface area contributed by atoms with Crippen molar-refractivity contribution >= 4 is 22.1 Å². The van der Waals surface area contributed by atoms with Crippen LogP contribution in [-0.4, -0.2) is 27.7 Å². The summed E-state index contributed by atoms with van der Waals surface area (Å²) in [5.41, 5.74) is 0.946. The molecular weight excluding hydrogens is 306 g/mol. The van der Waals surface area contributed by atoms with Gasteiger partial charge in [0, 0.05) is 42.2 Å². The second-order valence-electron chi connectivity index (χ2n) is 6.47. The molecule has 2 aromatic rings. The summed E-state index contributed by atoms with van der Waals surface area (Å²) in [5, 5.41) is 25.6. The molecule has 3 rings (SSSR count). The topological polar surface area (TPSA) is 88.3 Å². The Bertz CT molecular complexity index is 714. The van der Waals surface area contributed by atoms with E-state index in [4.69, 9.17) is 0 Å². The highest BCUT2D eigenvalue weighted by molar-refractivity contribution is 5.99. The molecule has 2 N–H and O–H groups in total. The van der Waals surface area contributed by atoms with Crippen LogP contribution in [0.1, 0.15) is 38.5 Å². The molecular formula is C18H23N3O3. The summed E-state index contributed by atoms with van der Waals surface area (Å²) in [6.07, 6.45) is 9.98. The van der Waals surface area contributed by atoms with Crippen LogP contribution in [0.5, 0.6) is 0 Å². The van der Waals surface area contributed by atoms with Crippen molar-refractivity contribution in [2.75, 3.05) is 11.9 Å². The molecule has 6 nitrogen and oxygen atoms in total. The molecule has 0 bridgehead atoms. The Labute approximate surface area is 141 Å². The first-order valence-corrected chi connectivity index (χ1v) is 8.59. The number of aromatic nitrogens is 1. The van der Waals surface area contributed by atoms with Gasteiger partial charge in [-0.2, -0.15) is 0 Å². The third-order valence-electron chi connectivity index (χ3n) is 4.99. The number of fused-ring (bicyclic) bond motifs is 1. The molecule has 0 spiro atoms. The molecule has 0 aliphatic heterocycles. The fourth-order valence-electron chi connectivity index (χ4n) is 3.76. The number of nitro benzene ring substituents is 1. The summed E-state index contributed by atoms with van der Waals surface area (Å²) >= 11 is 0. The molecule has 0 saturated heterocycles. The van der Waals surface area contributed by atoms with Gasteiger partial charge in [-0.1, -0.05) is 19.3 Å². The van der Waals surface area contributed by atoms with Gasteiger partial charge in [0.1, 0.15) is 0 Å². The molecule has 128 valence electrons. The Morgan fingerprint density at radius 2 is 2.04 bits per heavy atom. The van der Waals surface area contributed by atoms with E-state index in [0.29, 0.717) is 17.7 Å². The maximum Gasteiger partial charge on any atom is 0.278 e. The van der Waals surface area contributed by atoms with E-state index < -0.39 is 0 Å². The number of nitro groups is 1. The van der Waals surface area contributed by atoms with Crippen LogP contribution in [-0.2, 0) is 0 Å². The molecule has 1 atom stereocenters. The summed E-state index contributed by atoms with van der Waals surface area (Å²) < 4.78 is 0. The molecule has 0 radical (unpaired) electrons. The molecule has 1 unspecified atom stereocenters. The van der Waals surface area contributed by atoms with Gasteiger partial charge in [0.2, 0.25) is 0 Å². The minimum Gasteiger partial charge on any atom is -0.396 e. The third kappa shape index (κ3) is 3.48. The number of aliphatic hydroxyl groups is 1. The van der Waals surface area contributed by atoms with Gasteiger partial charge in [-0.3, -0.25) is 15.1 Å². The van der Waals surface area contributed by atoms with Gasteiger partial charge >= 0.3 is 0 Å². The van der Waals surface area contributed by atoms with E-state index in [0.717, 1.165) is 11.1 Å². The van der Waals surface area contributed by atoms with Crippen molar-refractivity contribution in [1.82, 2.24) is 4.98 Å². The van der Waals surface area contributed by atoms with Crippen LogP contribution < -0.4 is 5.32 Å². The van der Waals surface area contributed by atoms with Crippen molar-refractivity contribution in [3.63, 3.8) is 0 Å². The number of aliphatic hydroxyl groups excluding tert-OH is 1. The second-order valence-corrected chi connectivity index (χ2v) is 6.47. The zero-order chi connectivity index (χ0) is 16.9. The van der Waals surface area contributed by atoms with Gasteiger partial charge < -0.3 is 10.4 Å². The quantitative estimate of drug-likeness (QED) is 0.620. The first-order chi connectivity index (χ1) is 11.7. The van der Waals surface area contributed by atoms with Gasteiger partial charge in [0.05, 0.1) is 10.3 Å². The maximum atomic E-state index is 11.2. The molecule has 1 aromatic carbocycles. The molecule has 0 amide bonds. The molecule has 1 saturated carbocycles. The highest BCUT2D eigenvalue weighted by atomic mass is 16.6. The number of hydrogen-bond acceptors (Lipinski definition) is 5. The van der Waals surface area contributed by atoms with E-state index in [9.17, 15) is 15.2 Å². The average Bonchev–Trinajstić information content (AvgIpc) is 2.62. The lowest BCUT2D eigenvalue weighted by Gasteiger charge is -2.31. The predicted octanol–water partition coefficient (Wildman–Crippen LogP) is 3.89. The fourth-order valence-corrected chi connectivity index (χ4v) is 3.76. The number of rotatable bonds is 6. The summed E-state index contributed by atoms with van der Waals surface area (Å²) in [6.45, 7) is 0.140. The number of nitrogens with zero attached hydrogens (tertiary/aromatic N) is 2. The van der Waals surface area contributed by atoms with Crippen LogP contribution in [0.4, 0.5) is 11.4 Å². The number of non-ortho nitro benzene ring substituents is 1. The molecule has 1 fully saturated rings. The molecule has 1 aliphatic carbocycles. The number of hydrogen-bond donors (Lipinski definition) is 2. The van der Waals surface area contributed by atoms with Gasteiger partial charge in [0.25, 0.3) is 5.69 Å². The lowest BCUT2D eigenvalue weighted by molar-refractivity contribution is -0.383. The van der Waals surface area contributed by atoms with Gasteiger partial charge in [-0.05, 0) is 37.3 Å². The van der Waals surface area contributed by atoms with Crippen molar-refractivity contribution in [3.05, 3.63) is 40.7 Å². The van der Waals surface area contributed by atoms with Crippen LogP contribution in [0.3, 0.4) is 0 Å². The van der Waals surface area contributed by atoms with E-state index in [-0.39, 0.29) is 23.3 Å². The highest BCUT2D eigenvalue weighted by Gasteiger charge is 2.24. The zero-order valence-electron chi connectivity index (χ0n) is 13.6. The van der Waals surface area contributed by atoms with Gasteiger partial charge in [-0.25, -0.2) is 0 Å². The summed E-state index contributed by atoms with van der Waals surface area (Å²) in [4.78, 5) is 14.9. The van der Waals surface area contributed by atoms with Crippen molar-refractivity contribution in [3.8, 4) is 0 Å². The largest absolute Gasteiger partial charge is 0.396 e.